The van der Waals surface area contributed by atoms with E-state index in [9.17, 15) is 0 Å². The first-order valence-electron chi connectivity index (χ1n) is 4.51. The summed E-state index contributed by atoms with van der Waals surface area (Å²) < 4.78 is 3.31. The summed E-state index contributed by atoms with van der Waals surface area (Å²) in [7, 11) is 0. The van der Waals surface area contributed by atoms with E-state index in [2.05, 4.69) is 39.1 Å². The van der Waals surface area contributed by atoms with Crippen molar-refractivity contribution in [2.45, 2.75) is 39.2 Å². The fourth-order valence-electron chi connectivity index (χ4n) is 1.19. The van der Waals surface area contributed by atoms with Crippen LogP contribution in [0, 0.1) is 3.83 Å². The lowest BCUT2D eigenvalue weighted by atomic mass is 10.2. The average Bonchev–Trinajstić information content (AvgIpc) is 2.46. The van der Waals surface area contributed by atoms with E-state index in [4.69, 9.17) is 0 Å². The molecule has 12 heavy (non-hydrogen) atoms. The second kappa shape index (κ2) is 5.56. The SMILES string of the molecule is CCCCCCn1ccnc1I. The fraction of sp³-hybridized carbons (Fsp3) is 0.667. The van der Waals surface area contributed by atoms with Gasteiger partial charge in [0.2, 0.25) is 0 Å². The highest BCUT2D eigenvalue weighted by Gasteiger charge is 1.96. The van der Waals surface area contributed by atoms with Crippen molar-refractivity contribution in [3.8, 4) is 0 Å². The van der Waals surface area contributed by atoms with Crippen LogP contribution in [0.15, 0.2) is 12.4 Å². The molecule has 0 unspecified atom stereocenters. The number of unbranched alkanes of at least 4 members (excludes halogenated alkanes) is 3. The summed E-state index contributed by atoms with van der Waals surface area (Å²) in [6.45, 7) is 3.36. The zero-order valence-corrected chi connectivity index (χ0v) is 9.62. The van der Waals surface area contributed by atoms with E-state index in [0.717, 1.165) is 10.4 Å². The standard InChI is InChI=1S/C9H15IN2/c1-2-3-4-5-7-12-8-6-11-9(12)10/h6,8H,2-5,7H2,1H3. The van der Waals surface area contributed by atoms with Crippen molar-refractivity contribution in [3.05, 3.63) is 16.2 Å². The van der Waals surface area contributed by atoms with Crippen LogP contribution in [0.2, 0.25) is 0 Å². The van der Waals surface area contributed by atoms with Crippen LogP contribution in [0.25, 0.3) is 0 Å². The van der Waals surface area contributed by atoms with Gasteiger partial charge in [0.1, 0.15) is 0 Å². The van der Waals surface area contributed by atoms with Crippen molar-refractivity contribution in [1.82, 2.24) is 9.55 Å². The molecule has 0 amide bonds. The van der Waals surface area contributed by atoms with Crippen LogP contribution in [0.3, 0.4) is 0 Å². The van der Waals surface area contributed by atoms with Gasteiger partial charge < -0.3 is 4.57 Å². The monoisotopic (exact) mass is 278 g/mol. The largest absolute Gasteiger partial charge is 0.326 e. The molecule has 1 rings (SSSR count). The molecule has 0 radical (unpaired) electrons. The van der Waals surface area contributed by atoms with E-state index in [-0.39, 0.29) is 0 Å². The van der Waals surface area contributed by atoms with Crippen LogP contribution >= 0.6 is 22.6 Å². The molecule has 3 heteroatoms. The van der Waals surface area contributed by atoms with Crippen molar-refractivity contribution in [1.29, 1.82) is 0 Å². The summed E-state index contributed by atoms with van der Waals surface area (Å²) in [6.07, 6.45) is 9.19. The van der Waals surface area contributed by atoms with Gasteiger partial charge in [-0.15, -0.1) is 0 Å². The molecule has 1 heterocycles. The summed E-state index contributed by atoms with van der Waals surface area (Å²) in [5, 5.41) is 0. The molecule has 0 fully saturated rings. The van der Waals surface area contributed by atoms with Gasteiger partial charge in [-0.1, -0.05) is 26.2 Å². The summed E-state index contributed by atoms with van der Waals surface area (Å²) in [6, 6.07) is 0. The molecule has 0 aromatic carbocycles. The Morgan fingerprint density at radius 3 is 2.83 bits per heavy atom. The van der Waals surface area contributed by atoms with Crippen LogP contribution in [0.1, 0.15) is 32.6 Å². The minimum absolute atomic E-state index is 1.10. The Kier molecular flexibility index (Phi) is 4.65. The van der Waals surface area contributed by atoms with Crippen molar-refractivity contribution >= 4 is 22.6 Å². The quantitative estimate of drug-likeness (QED) is 0.598. The van der Waals surface area contributed by atoms with Crippen molar-refractivity contribution in [2.75, 3.05) is 0 Å². The third-order valence-corrected chi connectivity index (χ3v) is 2.82. The third kappa shape index (κ3) is 3.13. The summed E-state index contributed by atoms with van der Waals surface area (Å²) in [5.74, 6) is 0. The van der Waals surface area contributed by atoms with Crippen molar-refractivity contribution in [3.63, 3.8) is 0 Å². The topological polar surface area (TPSA) is 17.8 Å². The Morgan fingerprint density at radius 2 is 2.25 bits per heavy atom. The predicted molar refractivity (Wildman–Crippen MR) is 59.1 cm³/mol. The third-order valence-electron chi connectivity index (χ3n) is 1.92. The number of nitrogens with zero attached hydrogens (tertiary/aromatic N) is 2. The highest BCUT2D eigenvalue weighted by Crippen LogP contribution is 2.05. The zero-order valence-electron chi connectivity index (χ0n) is 7.46. The smallest absolute Gasteiger partial charge is 0.171 e. The molecule has 0 aliphatic rings. The van der Waals surface area contributed by atoms with Gasteiger partial charge in [-0.05, 0) is 29.0 Å². The molecule has 0 spiro atoms. The van der Waals surface area contributed by atoms with E-state index < -0.39 is 0 Å². The molecule has 0 aliphatic carbocycles. The lowest BCUT2D eigenvalue weighted by molar-refractivity contribution is 0.574. The molecule has 0 saturated heterocycles. The number of rotatable bonds is 5. The first-order chi connectivity index (χ1) is 5.84. The Balaban J connectivity index is 2.20. The second-order valence-corrected chi connectivity index (χ2v) is 3.92. The Hall–Kier alpha value is -0.0600. The van der Waals surface area contributed by atoms with Crippen LogP contribution < -0.4 is 0 Å². The normalized spacial score (nSPS) is 10.5. The van der Waals surface area contributed by atoms with Gasteiger partial charge in [0.15, 0.2) is 3.83 Å². The minimum atomic E-state index is 1.10. The molecule has 1 aromatic heterocycles. The number of halogens is 1. The van der Waals surface area contributed by atoms with Crippen molar-refractivity contribution in [2.24, 2.45) is 0 Å². The lowest BCUT2D eigenvalue weighted by Gasteiger charge is -2.02. The molecule has 0 saturated carbocycles. The number of hydrogen-bond donors (Lipinski definition) is 0. The number of aryl methyl sites for hydroxylation is 1. The number of hydrogen-bond acceptors (Lipinski definition) is 1. The fourth-order valence-corrected chi connectivity index (χ4v) is 1.75. The minimum Gasteiger partial charge on any atom is -0.326 e. The molecule has 0 bridgehead atoms. The lowest BCUT2D eigenvalue weighted by Crippen LogP contribution is -1.98. The maximum absolute atomic E-state index is 4.17. The van der Waals surface area contributed by atoms with Crippen LogP contribution in [0.5, 0.6) is 0 Å². The van der Waals surface area contributed by atoms with E-state index in [1.54, 1.807) is 0 Å². The van der Waals surface area contributed by atoms with Gasteiger partial charge in [0, 0.05) is 18.9 Å². The summed E-state index contributed by atoms with van der Waals surface area (Å²) in [4.78, 5) is 4.17. The van der Waals surface area contributed by atoms with E-state index in [1.807, 2.05) is 12.4 Å². The van der Waals surface area contributed by atoms with E-state index >= 15 is 0 Å². The maximum Gasteiger partial charge on any atom is 0.171 e. The first kappa shape index (κ1) is 10.0. The summed E-state index contributed by atoms with van der Waals surface area (Å²) in [5.41, 5.74) is 0. The Bertz CT molecular complexity index is 220. The molecule has 2 nitrogen and oxygen atoms in total. The van der Waals surface area contributed by atoms with Crippen LogP contribution in [-0.4, -0.2) is 9.55 Å². The van der Waals surface area contributed by atoms with Crippen LogP contribution in [0.4, 0.5) is 0 Å². The van der Waals surface area contributed by atoms with E-state index in [0.29, 0.717) is 0 Å². The molecular weight excluding hydrogens is 263 g/mol. The van der Waals surface area contributed by atoms with Gasteiger partial charge in [-0.2, -0.15) is 0 Å². The van der Waals surface area contributed by atoms with Gasteiger partial charge >= 0.3 is 0 Å². The molecule has 68 valence electrons. The maximum atomic E-state index is 4.17. The highest BCUT2D eigenvalue weighted by molar-refractivity contribution is 14.1. The number of aromatic nitrogens is 2. The molecule has 0 aliphatic heterocycles. The molecule has 1 aromatic rings. The Morgan fingerprint density at radius 1 is 1.42 bits per heavy atom. The average molecular weight is 278 g/mol. The van der Waals surface area contributed by atoms with Crippen LogP contribution in [-0.2, 0) is 6.54 Å². The molecular formula is C9H15IN2. The van der Waals surface area contributed by atoms with Gasteiger partial charge in [-0.3, -0.25) is 0 Å². The number of imidazole rings is 1. The van der Waals surface area contributed by atoms with Crippen molar-refractivity contribution < 1.29 is 0 Å². The Labute approximate surface area is 87.5 Å². The zero-order chi connectivity index (χ0) is 8.81. The second-order valence-electron chi connectivity index (χ2n) is 2.95. The molecule has 0 N–H and O–H groups in total. The molecule has 0 atom stereocenters. The van der Waals surface area contributed by atoms with E-state index in [1.165, 1.54) is 25.7 Å². The van der Waals surface area contributed by atoms with Gasteiger partial charge in [-0.25, -0.2) is 4.98 Å². The first-order valence-corrected chi connectivity index (χ1v) is 5.59. The highest BCUT2D eigenvalue weighted by atomic mass is 127. The summed E-state index contributed by atoms with van der Waals surface area (Å²) >= 11 is 2.27. The van der Waals surface area contributed by atoms with Gasteiger partial charge in [0.25, 0.3) is 0 Å². The van der Waals surface area contributed by atoms with Gasteiger partial charge in [0.05, 0.1) is 0 Å². The predicted octanol–water partition coefficient (Wildman–Crippen LogP) is 3.07.